The minimum Gasteiger partial charge on any atom is -0.504 e. The summed E-state index contributed by atoms with van der Waals surface area (Å²) in [5, 5.41) is 12.1. The zero-order chi connectivity index (χ0) is 17.0. The Kier molecular flexibility index (Phi) is 5.00. The van der Waals surface area contributed by atoms with E-state index in [2.05, 4.69) is 5.32 Å². The third-order valence-corrected chi connectivity index (χ3v) is 3.18. The number of benzene rings is 2. The third-order valence-electron chi connectivity index (χ3n) is 3.18. The number of phenolic OH excluding ortho intramolecular Hbond substituents is 1. The van der Waals surface area contributed by atoms with Gasteiger partial charge in [-0.1, -0.05) is 6.07 Å². The Labute approximate surface area is 132 Å². The molecule has 0 aromatic heterocycles. The van der Waals surface area contributed by atoms with E-state index in [0.29, 0.717) is 17.4 Å². The van der Waals surface area contributed by atoms with Gasteiger partial charge in [-0.15, -0.1) is 0 Å². The van der Waals surface area contributed by atoms with Crippen molar-refractivity contribution in [3.8, 4) is 11.5 Å². The van der Waals surface area contributed by atoms with Gasteiger partial charge in [0.25, 0.3) is 0 Å². The number of hydrogen-bond acceptors (Lipinski definition) is 3. The van der Waals surface area contributed by atoms with E-state index in [1.54, 1.807) is 12.1 Å². The van der Waals surface area contributed by atoms with Gasteiger partial charge in [-0.05, 0) is 29.8 Å². The summed E-state index contributed by atoms with van der Waals surface area (Å²) >= 11 is 0. The van der Waals surface area contributed by atoms with E-state index < -0.39 is 17.7 Å². The highest BCUT2D eigenvalue weighted by Gasteiger charge is 2.13. The first-order valence-corrected chi connectivity index (χ1v) is 6.73. The van der Waals surface area contributed by atoms with Gasteiger partial charge in [0.15, 0.2) is 11.5 Å². The zero-order valence-electron chi connectivity index (χ0n) is 12.6. The molecule has 0 atom stereocenters. The van der Waals surface area contributed by atoms with Crippen molar-refractivity contribution in [1.82, 2.24) is 4.90 Å². The lowest BCUT2D eigenvalue weighted by atomic mass is 10.2. The molecule has 2 aromatic rings. The van der Waals surface area contributed by atoms with Crippen LogP contribution in [0.2, 0.25) is 0 Å². The van der Waals surface area contributed by atoms with Crippen molar-refractivity contribution >= 4 is 11.7 Å². The molecule has 2 amide bonds. The topological polar surface area (TPSA) is 61.8 Å². The highest BCUT2D eigenvalue weighted by Crippen LogP contribution is 2.26. The first-order valence-electron chi connectivity index (χ1n) is 6.73. The van der Waals surface area contributed by atoms with Gasteiger partial charge in [0.1, 0.15) is 11.6 Å². The Morgan fingerprint density at radius 2 is 2.00 bits per heavy atom. The predicted octanol–water partition coefficient (Wildman–Crippen LogP) is 3.34. The van der Waals surface area contributed by atoms with Crippen LogP contribution in [0.5, 0.6) is 11.5 Å². The van der Waals surface area contributed by atoms with Gasteiger partial charge in [-0.3, -0.25) is 0 Å². The lowest BCUT2D eigenvalue weighted by Gasteiger charge is -2.18. The fourth-order valence-electron chi connectivity index (χ4n) is 1.98. The first-order chi connectivity index (χ1) is 10.9. The molecule has 0 radical (unpaired) electrons. The number of methoxy groups -OCH3 is 1. The number of amides is 2. The standard InChI is InChI=1S/C16H16F2N2O3/c1-20(9-10-3-6-15(23-2)14(21)7-10)16(22)19-13-5-4-11(17)8-12(13)18/h3-8,21H,9H2,1-2H3,(H,19,22). The van der Waals surface area contributed by atoms with Crippen LogP contribution in [-0.4, -0.2) is 30.2 Å². The lowest BCUT2D eigenvalue weighted by Crippen LogP contribution is -2.31. The SMILES string of the molecule is COc1ccc(CN(C)C(=O)Nc2ccc(F)cc2F)cc1O. The summed E-state index contributed by atoms with van der Waals surface area (Å²) in [7, 11) is 2.95. The second-order valence-electron chi connectivity index (χ2n) is 4.92. The van der Waals surface area contributed by atoms with E-state index in [1.165, 1.54) is 25.1 Å². The smallest absolute Gasteiger partial charge is 0.321 e. The van der Waals surface area contributed by atoms with Crippen LogP contribution >= 0.6 is 0 Å². The molecule has 0 unspecified atom stereocenters. The van der Waals surface area contributed by atoms with Crippen molar-refractivity contribution in [2.75, 3.05) is 19.5 Å². The summed E-state index contributed by atoms with van der Waals surface area (Å²) in [5.74, 6) is -1.28. The number of nitrogens with zero attached hydrogens (tertiary/aromatic N) is 1. The van der Waals surface area contributed by atoms with Crippen molar-refractivity contribution in [1.29, 1.82) is 0 Å². The molecule has 0 heterocycles. The van der Waals surface area contributed by atoms with E-state index in [0.717, 1.165) is 12.1 Å². The fourth-order valence-corrected chi connectivity index (χ4v) is 1.98. The number of carbonyl (C=O) groups excluding carboxylic acids is 1. The van der Waals surface area contributed by atoms with Crippen LogP contribution in [0.4, 0.5) is 19.3 Å². The molecular formula is C16H16F2N2O3. The summed E-state index contributed by atoms with van der Waals surface area (Å²) in [6.07, 6.45) is 0. The monoisotopic (exact) mass is 322 g/mol. The molecule has 23 heavy (non-hydrogen) atoms. The maximum absolute atomic E-state index is 13.5. The van der Waals surface area contributed by atoms with Gasteiger partial charge in [-0.25, -0.2) is 13.6 Å². The van der Waals surface area contributed by atoms with Crippen LogP contribution in [0, 0.1) is 11.6 Å². The molecule has 0 aliphatic rings. The molecule has 122 valence electrons. The second kappa shape index (κ2) is 6.95. The minimum absolute atomic E-state index is 0.0385. The highest BCUT2D eigenvalue weighted by atomic mass is 19.1. The molecule has 2 N–H and O–H groups in total. The van der Waals surface area contributed by atoms with Gasteiger partial charge < -0.3 is 20.1 Å². The quantitative estimate of drug-likeness (QED) is 0.907. The molecule has 7 heteroatoms. The number of nitrogens with one attached hydrogen (secondary N) is 1. The van der Waals surface area contributed by atoms with Gasteiger partial charge in [0, 0.05) is 19.7 Å². The number of aromatic hydroxyl groups is 1. The number of ether oxygens (including phenoxy) is 1. The largest absolute Gasteiger partial charge is 0.504 e. The average molecular weight is 322 g/mol. The van der Waals surface area contributed by atoms with Crippen LogP contribution in [0.1, 0.15) is 5.56 Å². The average Bonchev–Trinajstić information content (AvgIpc) is 2.50. The van der Waals surface area contributed by atoms with Crippen molar-refractivity contribution < 1.29 is 23.4 Å². The van der Waals surface area contributed by atoms with Crippen LogP contribution in [-0.2, 0) is 6.54 Å². The minimum atomic E-state index is -0.853. The number of carbonyl (C=O) groups is 1. The molecule has 0 aliphatic carbocycles. The molecule has 2 aromatic carbocycles. The van der Waals surface area contributed by atoms with Gasteiger partial charge in [-0.2, -0.15) is 0 Å². The molecule has 0 saturated heterocycles. The highest BCUT2D eigenvalue weighted by molar-refractivity contribution is 5.89. The van der Waals surface area contributed by atoms with E-state index in [1.807, 2.05) is 0 Å². The number of anilines is 1. The Hall–Kier alpha value is -2.83. The van der Waals surface area contributed by atoms with Crippen LogP contribution in [0.3, 0.4) is 0 Å². The summed E-state index contributed by atoms with van der Waals surface area (Å²) in [6.45, 7) is 0.187. The van der Waals surface area contributed by atoms with E-state index in [4.69, 9.17) is 4.74 Å². The van der Waals surface area contributed by atoms with E-state index in [-0.39, 0.29) is 18.0 Å². The number of halogens is 2. The van der Waals surface area contributed by atoms with Gasteiger partial charge in [0.2, 0.25) is 0 Å². The maximum Gasteiger partial charge on any atom is 0.321 e. The molecule has 0 aliphatic heterocycles. The number of hydrogen-bond donors (Lipinski definition) is 2. The Morgan fingerprint density at radius 1 is 1.26 bits per heavy atom. The summed E-state index contributed by atoms with van der Waals surface area (Å²) < 4.78 is 31.3. The van der Waals surface area contributed by atoms with Crippen molar-refractivity contribution in [2.45, 2.75) is 6.54 Å². The third kappa shape index (κ3) is 4.09. The van der Waals surface area contributed by atoms with E-state index >= 15 is 0 Å². The summed E-state index contributed by atoms with van der Waals surface area (Å²) in [6, 6.07) is 7.08. The zero-order valence-corrected chi connectivity index (χ0v) is 12.6. The van der Waals surface area contributed by atoms with Crippen molar-refractivity contribution in [3.05, 3.63) is 53.6 Å². The molecule has 0 saturated carbocycles. The summed E-state index contributed by atoms with van der Waals surface area (Å²) in [4.78, 5) is 13.3. The normalized spacial score (nSPS) is 10.3. The second-order valence-corrected chi connectivity index (χ2v) is 4.92. The Bertz CT molecular complexity index is 722. The number of rotatable bonds is 4. The Balaban J connectivity index is 2.03. The van der Waals surface area contributed by atoms with Gasteiger partial charge >= 0.3 is 6.03 Å². The molecule has 2 rings (SSSR count). The number of urea groups is 1. The molecular weight excluding hydrogens is 306 g/mol. The lowest BCUT2D eigenvalue weighted by molar-refractivity contribution is 0.220. The van der Waals surface area contributed by atoms with Crippen LogP contribution in [0.15, 0.2) is 36.4 Å². The summed E-state index contributed by atoms with van der Waals surface area (Å²) in [5.41, 5.74) is 0.557. The van der Waals surface area contributed by atoms with Crippen LogP contribution in [0.25, 0.3) is 0 Å². The first kappa shape index (κ1) is 16.5. The molecule has 5 nitrogen and oxygen atoms in total. The maximum atomic E-state index is 13.5. The number of phenols is 1. The Morgan fingerprint density at radius 3 is 2.61 bits per heavy atom. The van der Waals surface area contributed by atoms with E-state index in [9.17, 15) is 18.7 Å². The molecule has 0 bridgehead atoms. The van der Waals surface area contributed by atoms with Gasteiger partial charge in [0.05, 0.1) is 12.8 Å². The van der Waals surface area contributed by atoms with Crippen molar-refractivity contribution in [2.24, 2.45) is 0 Å². The predicted molar refractivity (Wildman–Crippen MR) is 81.5 cm³/mol. The molecule has 0 fully saturated rings. The molecule has 0 spiro atoms. The fraction of sp³-hybridized carbons (Fsp3) is 0.188. The van der Waals surface area contributed by atoms with Crippen molar-refractivity contribution in [3.63, 3.8) is 0 Å². The van der Waals surface area contributed by atoms with Crippen LogP contribution < -0.4 is 10.1 Å².